The Morgan fingerprint density at radius 3 is 2.81 bits per heavy atom. The molecule has 8 heteroatoms. The number of halogens is 1. The lowest BCUT2D eigenvalue weighted by atomic mass is 9.98. The average Bonchev–Trinajstić information content (AvgIpc) is 3.34. The van der Waals surface area contributed by atoms with Gasteiger partial charge in [0.25, 0.3) is 5.91 Å². The van der Waals surface area contributed by atoms with Crippen LogP contribution in [0.5, 0.6) is 5.75 Å². The van der Waals surface area contributed by atoms with E-state index in [-0.39, 0.29) is 28.2 Å². The molecule has 0 bridgehead atoms. The van der Waals surface area contributed by atoms with Gasteiger partial charge >= 0.3 is 0 Å². The second-order valence-electron chi connectivity index (χ2n) is 7.36. The molecule has 0 N–H and O–H groups in total. The van der Waals surface area contributed by atoms with E-state index in [2.05, 4.69) is 11.7 Å². The predicted molar refractivity (Wildman–Crippen MR) is 120 cm³/mol. The van der Waals surface area contributed by atoms with Gasteiger partial charge in [-0.25, -0.2) is 0 Å². The summed E-state index contributed by atoms with van der Waals surface area (Å²) >= 11 is 6.12. The number of fused-ring (bicyclic) bond motifs is 2. The normalized spacial score (nSPS) is 15.2. The molecule has 0 saturated carbocycles. The molecule has 0 saturated heterocycles. The van der Waals surface area contributed by atoms with Crippen molar-refractivity contribution in [2.45, 2.75) is 13.0 Å². The Kier molecular flexibility index (Phi) is 4.83. The highest BCUT2D eigenvalue weighted by molar-refractivity contribution is 6.31. The molecule has 1 aliphatic heterocycles. The Morgan fingerprint density at radius 1 is 1.22 bits per heavy atom. The summed E-state index contributed by atoms with van der Waals surface area (Å²) in [6.45, 7) is 5.70. The van der Waals surface area contributed by atoms with Crippen molar-refractivity contribution in [3.63, 3.8) is 0 Å². The van der Waals surface area contributed by atoms with Crippen molar-refractivity contribution in [3.05, 3.63) is 99.1 Å². The number of benzene rings is 2. The molecule has 5 rings (SSSR count). The lowest BCUT2D eigenvalue weighted by molar-refractivity contribution is 0.0969. The van der Waals surface area contributed by atoms with Crippen molar-refractivity contribution in [2.75, 3.05) is 11.5 Å². The summed E-state index contributed by atoms with van der Waals surface area (Å²) in [6.07, 6.45) is 1.63. The molecule has 2 aromatic carbocycles. The number of carbonyl (C=O) groups excluding carboxylic acids is 1. The summed E-state index contributed by atoms with van der Waals surface area (Å²) in [6, 6.07) is 12.7. The number of rotatable bonds is 5. The number of nitrogens with zero attached hydrogens (tertiary/aromatic N) is 2. The van der Waals surface area contributed by atoms with Gasteiger partial charge in [0.05, 0.1) is 17.0 Å². The minimum Gasteiger partial charge on any atom is -0.490 e. The zero-order valence-electron chi connectivity index (χ0n) is 17.0. The minimum atomic E-state index is -0.783. The molecule has 0 unspecified atom stereocenters. The molecule has 0 radical (unpaired) electrons. The fourth-order valence-corrected chi connectivity index (χ4v) is 4.07. The van der Waals surface area contributed by atoms with Crippen LogP contribution in [0.15, 0.2) is 74.9 Å². The maximum Gasteiger partial charge on any atom is 0.296 e. The lowest BCUT2D eigenvalue weighted by Gasteiger charge is -2.22. The second-order valence-corrected chi connectivity index (χ2v) is 7.80. The number of amides is 1. The summed E-state index contributed by atoms with van der Waals surface area (Å²) in [5.74, 6) is 0.870. The van der Waals surface area contributed by atoms with Gasteiger partial charge in [0.15, 0.2) is 11.2 Å². The molecule has 160 valence electrons. The fraction of sp³-hybridized carbons (Fsp3) is 0.125. The predicted octanol–water partition coefficient (Wildman–Crippen LogP) is 5.06. The Labute approximate surface area is 187 Å². The van der Waals surface area contributed by atoms with Crippen LogP contribution in [0.4, 0.5) is 5.82 Å². The van der Waals surface area contributed by atoms with E-state index in [1.165, 1.54) is 11.0 Å². The monoisotopic (exact) mass is 448 g/mol. The summed E-state index contributed by atoms with van der Waals surface area (Å²) in [5, 5.41) is 4.71. The third-order valence-corrected chi connectivity index (χ3v) is 5.47. The molecule has 1 amide bonds. The second kappa shape index (κ2) is 7.69. The van der Waals surface area contributed by atoms with E-state index < -0.39 is 11.9 Å². The van der Waals surface area contributed by atoms with Crippen LogP contribution in [0.1, 0.15) is 33.5 Å². The van der Waals surface area contributed by atoms with E-state index in [4.69, 9.17) is 25.3 Å². The average molecular weight is 449 g/mol. The fourth-order valence-electron chi connectivity index (χ4n) is 3.89. The maximum absolute atomic E-state index is 13.6. The van der Waals surface area contributed by atoms with Crippen LogP contribution in [0, 0.1) is 6.92 Å². The molecule has 3 heterocycles. The molecule has 32 heavy (non-hydrogen) atoms. The van der Waals surface area contributed by atoms with E-state index in [0.717, 1.165) is 0 Å². The third kappa shape index (κ3) is 3.18. The van der Waals surface area contributed by atoms with Gasteiger partial charge in [-0.15, -0.1) is 0 Å². The smallest absolute Gasteiger partial charge is 0.296 e. The largest absolute Gasteiger partial charge is 0.490 e. The third-order valence-electron chi connectivity index (χ3n) is 5.24. The number of aromatic nitrogens is 1. The zero-order chi connectivity index (χ0) is 22.4. The highest BCUT2D eigenvalue weighted by Crippen LogP contribution is 2.41. The number of hydrogen-bond acceptors (Lipinski definition) is 6. The molecular weight excluding hydrogens is 432 g/mol. The van der Waals surface area contributed by atoms with Crippen LogP contribution in [-0.2, 0) is 0 Å². The SMILES string of the molecule is C=CCOc1cccc([C@H]2c3c(oc4ccc(Cl)cc4c3=O)C(=O)N2c2cc(C)on2)c1. The Morgan fingerprint density at radius 2 is 2.06 bits per heavy atom. The molecule has 7 nitrogen and oxygen atoms in total. The zero-order valence-corrected chi connectivity index (χ0v) is 17.8. The Balaban J connectivity index is 1.77. The summed E-state index contributed by atoms with van der Waals surface area (Å²) in [7, 11) is 0. The highest BCUT2D eigenvalue weighted by atomic mass is 35.5. The van der Waals surface area contributed by atoms with E-state index in [0.29, 0.717) is 34.1 Å². The van der Waals surface area contributed by atoms with Gasteiger partial charge in [-0.05, 0) is 42.8 Å². The first-order chi connectivity index (χ1) is 15.5. The maximum atomic E-state index is 13.6. The summed E-state index contributed by atoms with van der Waals surface area (Å²) in [4.78, 5) is 28.4. The minimum absolute atomic E-state index is 0.0344. The van der Waals surface area contributed by atoms with Crippen LogP contribution >= 0.6 is 11.6 Å². The van der Waals surface area contributed by atoms with Crippen LogP contribution in [0.3, 0.4) is 0 Å². The molecular formula is C24H17ClN2O5. The van der Waals surface area contributed by atoms with Crippen LogP contribution < -0.4 is 15.1 Å². The molecule has 0 spiro atoms. The highest BCUT2D eigenvalue weighted by Gasteiger charge is 2.45. The quantitative estimate of drug-likeness (QED) is 0.397. The van der Waals surface area contributed by atoms with Crippen molar-refractivity contribution in [1.29, 1.82) is 0 Å². The number of ether oxygens (including phenoxy) is 1. The number of anilines is 1. The van der Waals surface area contributed by atoms with Crippen LogP contribution in [0.25, 0.3) is 11.0 Å². The van der Waals surface area contributed by atoms with Crippen molar-refractivity contribution >= 4 is 34.3 Å². The van der Waals surface area contributed by atoms with Crippen molar-refractivity contribution in [1.82, 2.24) is 5.16 Å². The first-order valence-electron chi connectivity index (χ1n) is 9.84. The van der Waals surface area contributed by atoms with Crippen LogP contribution in [0.2, 0.25) is 5.02 Å². The van der Waals surface area contributed by atoms with Crippen LogP contribution in [-0.4, -0.2) is 17.7 Å². The molecule has 2 aromatic heterocycles. The Bertz CT molecular complexity index is 1440. The Hall–Kier alpha value is -3.84. The number of carbonyl (C=O) groups is 1. The van der Waals surface area contributed by atoms with Gasteiger partial charge < -0.3 is 13.7 Å². The van der Waals surface area contributed by atoms with Crippen molar-refractivity contribution in [3.8, 4) is 5.75 Å². The first-order valence-corrected chi connectivity index (χ1v) is 10.2. The van der Waals surface area contributed by atoms with E-state index in [1.807, 2.05) is 6.07 Å². The summed E-state index contributed by atoms with van der Waals surface area (Å²) < 4.78 is 16.8. The van der Waals surface area contributed by atoms with Gasteiger partial charge in [0, 0.05) is 11.1 Å². The molecule has 0 fully saturated rings. The molecule has 4 aromatic rings. The van der Waals surface area contributed by atoms with Crippen molar-refractivity contribution < 1.29 is 18.5 Å². The van der Waals surface area contributed by atoms with E-state index >= 15 is 0 Å². The number of hydrogen-bond donors (Lipinski definition) is 0. The standard InChI is InChI=1S/C24H17ClN2O5/c1-3-9-30-16-6-4-5-14(11-16)21-20-22(28)17-12-15(25)7-8-18(17)31-23(20)24(29)27(21)19-10-13(2)32-26-19/h3-8,10-12,21H,1,9H2,2H3/t21-/m0/s1. The van der Waals surface area contributed by atoms with Gasteiger partial charge in [0.2, 0.25) is 5.76 Å². The molecule has 0 aliphatic carbocycles. The van der Waals surface area contributed by atoms with Gasteiger partial charge in [-0.3, -0.25) is 14.5 Å². The molecule has 1 aliphatic rings. The van der Waals surface area contributed by atoms with E-state index in [9.17, 15) is 9.59 Å². The topological polar surface area (TPSA) is 85.8 Å². The van der Waals surface area contributed by atoms with Crippen molar-refractivity contribution in [2.24, 2.45) is 0 Å². The molecule has 1 atom stereocenters. The lowest BCUT2D eigenvalue weighted by Crippen LogP contribution is -2.29. The van der Waals surface area contributed by atoms with Gasteiger partial charge in [0.1, 0.15) is 23.7 Å². The van der Waals surface area contributed by atoms with Gasteiger partial charge in [-0.1, -0.05) is 41.5 Å². The first kappa shape index (κ1) is 20.1. The summed E-state index contributed by atoms with van der Waals surface area (Å²) in [5.41, 5.74) is 0.827. The number of aryl methyl sites for hydroxylation is 1. The van der Waals surface area contributed by atoms with Gasteiger partial charge in [-0.2, -0.15) is 0 Å². The van der Waals surface area contributed by atoms with E-state index in [1.54, 1.807) is 49.4 Å².